The summed E-state index contributed by atoms with van der Waals surface area (Å²) in [6, 6.07) is 3.52. The summed E-state index contributed by atoms with van der Waals surface area (Å²) in [5.74, 6) is -1.70. The molecule has 0 spiro atoms. The summed E-state index contributed by atoms with van der Waals surface area (Å²) >= 11 is 0.971. The van der Waals surface area contributed by atoms with E-state index >= 15 is 0 Å². The van der Waals surface area contributed by atoms with Crippen LogP contribution in [0.2, 0.25) is 0 Å². The number of esters is 2. The van der Waals surface area contributed by atoms with Crippen molar-refractivity contribution in [2.24, 2.45) is 0 Å². The standard InChI is InChI=1S/C22H27N5O5S/c1-7-31-22(30)18-15(6)17(21(29)32-12(2)3)20(33-18)23-19(28)16-8-9-26(25-16)11-27-14(5)10-13(4)24-27/h8-10,12H,7,11H2,1-6H3,(H,23,28). The van der Waals surface area contributed by atoms with Gasteiger partial charge in [-0.05, 0) is 59.2 Å². The van der Waals surface area contributed by atoms with Crippen molar-refractivity contribution in [3.63, 3.8) is 0 Å². The van der Waals surface area contributed by atoms with Gasteiger partial charge in [0.05, 0.1) is 24.0 Å². The molecule has 0 fully saturated rings. The molecule has 0 bridgehead atoms. The second kappa shape index (κ2) is 9.99. The minimum atomic E-state index is -0.625. The quantitative estimate of drug-likeness (QED) is 0.497. The van der Waals surface area contributed by atoms with Crippen molar-refractivity contribution in [3.8, 4) is 0 Å². The van der Waals surface area contributed by atoms with Gasteiger partial charge in [-0.3, -0.25) is 9.48 Å². The number of aryl methyl sites for hydroxylation is 2. The van der Waals surface area contributed by atoms with Crippen molar-refractivity contribution < 1.29 is 23.9 Å². The number of aromatic nitrogens is 4. The highest BCUT2D eigenvalue weighted by atomic mass is 32.1. The SMILES string of the molecule is CCOC(=O)c1sc(NC(=O)c2ccn(Cn3nc(C)cc3C)n2)c(C(=O)OC(C)C)c1C. The summed E-state index contributed by atoms with van der Waals surface area (Å²) in [7, 11) is 0. The van der Waals surface area contributed by atoms with Crippen molar-refractivity contribution in [2.75, 3.05) is 11.9 Å². The number of hydrogen-bond donors (Lipinski definition) is 1. The van der Waals surface area contributed by atoms with Crippen LogP contribution < -0.4 is 5.32 Å². The highest BCUT2D eigenvalue weighted by molar-refractivity contribution is 7.18. The summed E-state index contributed by atoms with van der Waals surface area (Å²) in [6.45, 7) is 11.1. The van der Waals surface area contributed by atoms with Gasteiger partial charge in [-0.15, -0.1) is 11.3 Å². The third kappa shape index (κ3) is 5.48. The predicted octanol–water partition coefficient (Wildman–Crippen LogP) is 3.57. The van der Waals surface area contributed by atoms with Gasteiger partial charge < -0.3 is 14.8 Å². The van der Waals surface area contributed by atoms with E-state index in [0.717, 1.165) is 22.7 Å². The predicted molar refractivity (Wildman–Crippen MR) is 123 cm³/mol. The molecular formula is C22H27N5O5S. The van der Waals surface area contributed by atoms with Crippen LogP contribution in [0.25, 0.3) is 0 Å². The number of nitrogens with zero attached hydrogens (tertiary/aromatic N) is 4. The van der Waals surface area contributed by atoms with Gasteiger partial charge in [0.2, 0.25) is 0 Å². The van der Waals surface area contributed by atoms with Gasteiger partial charge in [0.25, 0.3) is 5.91 Å². The van der Waals surface area contributed by atoms with E-state index in [2.05, 4.69) is 15.5 Å². The van der Waals surface area contributed by atoms with Crippen molar-refractivity contribution >= 4 is 34.2 Å². The number of rotatable bonds is 8. The topological polar surface area (TPSA) is 117 Å². The van der Waals surface area contributed by atoms with Gasteiger partial charge in [0.15, 0.2) is 5.69 Å². The summed E-state index contributed by atoms with van der Waals surface area (Å²) in [5.41, 5.74) is 2.55. The Balaban J connectivity index is 1.85. The highest BCUT2D eigenvalue weighted by Gasteiger charge is 2.28. The van der Waals surface area contributed by atoms with Gasteiger partial charge in [-0.2, -0.15) is 10.2 Å². The van der Waals surface area contributed by atoms with Crippen LogP contribution in [0.3, 0.4) is 0 Å². The first-order chi connectivity index (χ1) is 15.6. The van der Waals surface area contributed by atoms with E-state index in [9.17, 15) is 14.4 Å². The molecule has 3 aromatic heterocycles. The first kappa shape index (κ1) is 24.2. The van der Waals surface area contributed by atoms with Crippen molar-refractivity contribution in [1.29, 1.82) is 0 Å². The molecule has 0 radical (unpaired) electrons. The lowest BCUT2D eigenvalue weighted by Gasteiger charge is -2.10. The van der Waals surface area contributed by atoms with Crippen molar-refractivity contribution in [1.82, 2.24) is 19.6 Å². The number of amides is 1. The molecule has 3 heterocycles. The number of anilines is 1. The molecule has 1 amide bonds. The zero-order chi connectivity index (χ0) is 24.3. The van der Waals surface area contributed by atoms with Crippen molar-refractivity contribution in [2.45, 2.75) is 54.3 Å². The molecule has 1 N–H and O–H groups in total. The number of carbonyl (C=O) groups excluding carboxylic acids is 3. The van der Waals surface area contributed by atoms with Gasteiger partial charge in [-0.1, -0.05) is 0 Å². The molecule has 0 aliphatic heterocycles. The molecule has 176 valence electrons. The number of ether oxygens (including phenoxy) is 2. The molecule has 3 rings (SSSR count). The lowest BCUT2D eigenvalue weighted by molar-refractivity contribution is 0.0379. The minimum Gasteiger partial charge on any atom is -0.462 e. The second-order valence-electron chi connectivity index (χ2n) is 7.70. The fourth-order valence-corrected chi connectivity index (χ4v) is 4.28. The normalized spacial score (nSPS) is 11.0. The van der Waals surface area contributed by atoms with Gasteiger partial charge in [0, 0.05) is 11.9 Å². The first-order valence-electron chi connectivity index (χ1n) is 10.5. The average Bonchev–Trinajstić information content (AvgIpc) is 3.39. The van der Waals surface area contributed by atoms with E-state index in [1.165, 1.54) is 0 Å². The third-order valence-corrected chi connectivity index (χ3v) is 5.82. The Hall–Kier alpha value is -3.47. The van der Waals surface area contributed by atoms with Gasteiger partial charge >= 0.3 is 11.9 Å². The Kier molecular flexibility index (Phi) is 7.32. The smallest absolute Gasteiger partial charge is 0.348 e. The summed E-state index contributed by atoms with van der Waals surface area (Å²) < 4.78 is 13.8. The molecule has 0 aliphatic rings. The van der Waals surface area contributed by atoms with Crippen LogP contribution in [0.4, 0.5) is 5.00 Å². The summed E-state index contributed by atoms with van der Waals surface area (Å²) in [5, 5.41) is 11.6. The van der Waals surface area contributed by atoms with E-state index in [1.807, 2.05) is 19.9 Å². The number of thiophene rings is 1. The zero-order valence-electron chi connectivity index (χ0n) is 19.5. The van der Waals surface area contributed by atoms with Crippen LogP contribution in [-0.4, -0.2) is 50.1 Å². The van der Waals surface area contributed by atoms with Crippen LogP contribution in [-0.2, 0) is 16.1 Å². The van der Waals surface area contributed by atoms with Crippen LogP contribution in [0.5, 0.6) is 0 Å². The van der Waals surface area contributed by atoms with Crippen LogP contribution in [0.1, 0.15) is 68.2 Å². The molecule has 0 saturated carbocycles. The summed E-state index contributed by atoms with van der Waals surface area (Å²) in [4.78, 5) is 38.2. The van der Waals surface area contributed by atoms with E-state index in [1.54, 1.807) is 49.3 Å². The average molecular weight is 474 g/mol. The minimum absolute atomic E-state index is 0.132. The lowest BCUT2D eigenvalue weighted by atomic mass is 10.1. The largest absolute Gasteiger partial charge is 0.462 e. The molecule has 0 aromatic carbocycles. The van der Waals surface area contributed by atoms with Crippen LogP contribution in [0.15, 0.2) is 18.3 Å². The van der Waals surface area contributed by atoms with Gasteiger partial charge in [0.1, 0.15) is 16.5 Å². The maximum Gasteiger partial charge on any atom is 0.348 e. The van der Waals surface area contributed by atoms with E-state index in [0.29, 0.717) is 12.2 Å². The Morgan fingerprint density at radius 1 is 1.15 bits per heavy atom. The molecule has 11 heteroatoms. The number of hydrogen-bond acceptors (Lipinski definition) is 8. The lowest BCUT2D eigenvalue weighted by Crippen LogP contribution is -2.18. The second-order valence-corrected chi connectivity index (χ2v) is 8.72. The fraction of sp³-hybridized carbons (Fsp3) is 0.409. The Labute approximate surface area is 195 Å². The van der Waals surface area contributed by atoms with E-state index < -0.39 is 17.8 Å². The molecular weight excluding hydrogens is 446 g/mol. The number of carbonyl (C=O) groups is 3. The molecule has 0 atom stereocenters. The zero-order valence-corrected chi connectivity index (χ0v) is 20.3. The Bertz CT molecular complexity index is 1190. The van der Waals surface area contributed by atoms with E-state index in [-0.39, 0.29) is 33.8 Å². The maximum atomic E-state index is 12.9. The highest BCUT2D eigenvalue weighted by Crippen LogP contribution is 2.34. The molecule has 0 aliphatic carbocycles. The van der Waals surface area contributed by atoms with Crippen LogP contribution in [0, 0.1) is 20.8 Å². The van der Waals surface area contributed by atoms with Gasteiger partial charge in [-0.25, -0.2) is 14.3 Å². The number of nitrogens with one attached hydrogen (secondary N) is 1. The molecule has 3 aromatic rings. The molecule has 33 heavy (non-hydrogen) atoms. The maximum absolute atomic E-state index is 12.9. The molecule has 0 saturated heterocycles. The third-order valence-electron chi connectivity index (χ3n) is 4.64. The molecule has 10 nitrogen and oxygen atoms in total. The Morgan fingerprint density at radius 2 is 1.88 bits per heavy atom. The summed E-state index contributed by atoms with van der Waals surface area (Å²) in [6.07, 6.45) is 1.31. The molecule has 0 unspecified atom stereocenters. The van der Waals surface area contributed by atoms with Crippen LogP contribution >= 0.6 is 11.3 Å². The van der Waals surface area contributed by atoms with E-state index in [4.69, 9.17) is 9.47 Å². The Morgan fingerprint density at radius 3 is 2.48 bits per heavy atom. The monoisotopic (exact) mass is 473 g/mol. The van der Waals surface area contributed by atoms with Crippen molar-refractivity contribution in [3.05, 3.63) is 51.4 Å². The first-order valence-corrected chi connectivity index (χ1v) is 11.3. The fourth-order valence-electron chi connectivity index (χ4n) is 3.20.